The number of likely N-dealkylation sites (tertiary alicyclic amines) is 1. The minimum absolute atomic E-state index is 0.0600. The molecule has 2 heterocycles. The lowest BCUT2D eigenvalue weighted by Crippen LogP contribution is -2.40. The van der Waals surface area contributed by atoms with Crippen LogP contribution in [0.1, 0.15) is 83.0 Å². The number of rotatable bonds is 13. The van der Waals surface area contributed by atoms with Crippen LogP contribution in [0.4, 0.5) is 26.3 Å². The van der Waals surface area contributed by atoms with Crippen molar-refractivity contribution in [2.45, 2.75) is 89.5 Å². The highest BCUT2D eigenvalue weighted by molar-refractivity contribution is 5.86. The summed E-state index contributed by atoms with van der Waals surface area (Å²) in [6.07, 6.45) is 0.588. The summed E-state index contributed by atoms with van der Waals surface area (Å²) >= 11 is 0. The van der Waals surface area contributed by atoms with Gasteiger partial charge in [0.15, 0.2) is 0 Å². The Bertz CT molecular complexity index is 1540. The number of halogens is 6. The van der Waals surface area contributed by atoms with Crippen molar-refractivity contribution in [2.24, 2.45) is 5.92 Å². The average Bonchev–Trinajstić information content (AvgIpc) is 3.57. The molecule has 1 saturated heterocycles. The number of carboxylic acids is 2. The van der Waals surface area contributed by atoms with Gasteiger partial charge in [-0.05, 0) is 69.1 Å². The van der Waals surface area contributed by atoms with Crippen molar-refractivity contribution in [3.05, 3.63) is 54.5 Å². The lowest BCUT2D eigenvalue weighted by Gasteiger charge is -2.29. The SMILES string of the molecule is CCCCC(=O)CCCCC[C@H](NC(=O)C1CCN(C)CC1)c1ncc(-c2ccc3ccccc3c2)[nH]1.O=C(O)C(F)(F)F.O=C(O)C(F)(F)F. The second kappa shape index (κ2) is 20.4. The molecule has 51 heavy (non-hydrogen) atoms. The van der Waals surface area contributed by atoms with E-state index in [-0.39, 0.29) is 17.9 Å². The predicted octanol–water partition coefficient (Wildman–Crippen LogP) is 7.71. The first-order valence-electron chi connectivity index (χ1n) is 16.6. The Kier molecular flexibility index (Phi) is 17.1. The van der Waals surface area contributed by atoms with Crippen LogP contribution >= 0.6 is 0 Å². The number of ketones is 1. The molecule has 0 aliphatic carbocycles. The summed E-state index contributed by atoms with van der Waals surface area (Å²) in [5, 5.41) is 20.0. The van der Waals surface area contributed by atoms with Gasteiger partial charge in [0.05, 0.1) is 17.9 Å². The first-order chi connectivity index (χ1) is 23.9. The third kappa shape index (κ3) is 15.5. The lowest BCUT2D eigenvalue weighted by molar-refractivity contribution is -0.193. The molecule has 0 bridgehead atoms. The standard InChI is InChI=1S/C31H42N4O2.2C2HF3O2/c1-3-4-12-27(36)13-6-5-7-14-28(34-31(37)24-17-19-35(2)20-18-24)30-32-22-29(33-30)26-16-15-23-10-8-9-11-25(23)21-26;2*3-2(4,5)1(6)7/h8-11,15-16,21-22,24,28H,3-7,12-14,17-20H2,1-2H3,(H,32,33)(H,34,37);2*(H,6,7)/t28-;;/m0../s1. The highest BCUT2D eigenvalue weighted by Crippen LogP contribution is 2.27. The maximum atomic E-state index is 13.2. The van der Waals surface area contributed by atoms with Crippen LogP contribution in [0.2, 0.25) is 0 Å². The van der Waals surface area contributed by atoms with Crippen LogP contribution in [0.5, 0.6) is 0 Å². The number of hydrogen-bond donors (Lipinski definition) is 4. The van der Waals surface area contributed by atoms with Crippen molar-refractivity contribution in [2.75, 3.05) is 20.1 Å². The van der Waals surface area contributed by atoms with Crippen molar-refractivity contribution in [1.82, 2.24) is 20.2 Å². The number of unbranched alkanes of at least 4 members (excludes halogenated alkanes) is 3. The van der Waals surface area contributed by atoms with Crippen molar-refractivity contribution in [3.63, 3.8) is 0 Å². The van der Waals surface area contributed by atoms with Gasteiger partial charge in [-0.15, -0.1) is 0 Å². The van der Waals surface area contributed by atoms with Gasteiger partial charge in [-0.2, -0.15) is 26.3 Å². The number of fused-ring (bicyclic) bond motifs is 1. The molecule has 0 spiro atoms. The van der Waals surface area contributed by atoms with Crippen molar-refractivity contribution >= 4 is 34.4 Å². The number of benzene rings is 2. The minimum Gasteiger partial charge on any atom is -0.475 e. The number of carbonyl (C=O) groups is 4. The first kappa shape index (κ1) is 42.7. The molecule has 282 valence electrons. The van der Waals surface area contributed by atoms with Gasteiger partial charge < -0.3 is 25.4 Å². The number of amides is 1. The van der Waals surface area contributed by atoms with E-state index in [0.717, 1.165) is 81.5 Å². The third-order valence-electron chi connectivity index (χ3n) is 8.13. The van der Waals surface area contributed by atoms with Crippen molar-refractivity contribution < 1.29 is 55.7 Å². The summed E-state index contributed by atoms with van der Waals surface area (Å²) in [6, 6.07) is 14.6. The molecule has 10 nitrogen and oxygen atoms in total. The smallest absolute Gasteiger partial charge is 0.475 e. The maximum absolute atomic E-state index is 13.2. The zero-order valence-corrected chi connectivity index (χ0v) is 28.4. The molecule has 1 aromatic heterocycles. The van der Waals surface area contributed by atoms with E-state index in [1.807, 2.05) is 6.20 Å². The monoisotopic (exact) mass is 730 g/mol. The maximum Gasteiger partial charge on any atom is 0.490 e. The Morgan fingerprint density at radius 2 is 1.45 bits per heavy atom. The molecule has 0 saturated carbocycles. The van der Waals surface area contributed by atoms with Crippen LogP contribution in [0.3, 0.4) is 0 Å². The van der Waals surface area contributed by atoms with E-state index in [4.69, 9.17) is 24.8 Å². The number of imidazole rings is 1. The zero-order chi connectivity index (χ0) is 38.2. The number of carbonyl (C=O) groups excluding carboxylic acids is 2. The number of aromatic nitrogens is 2. The van der Waals surface area contributed by atoms with Gasteiger partial charge in [0.25, 0.3) is 0 Å². The topological polar surface area (TPSA) is 153 Å². The van der Waals surface area contributed by atoms with Crippen LogP contribution in [0.25, 0.3) is 22.0 Å². The van der Waals surface area contributed by atoms with Gasteiger partial charge in [0.2, 0.25) is 5.91 Å². The quantitative estimate of drug-likeness (QED) is 0.103. The van der Waals surface area contributed by atoms with Gasteiger partial charge in [0.1, 0.15) is 11.6 Å². The van der Waals surface area contributed by atoms with Gasteiger partial charge in [-0.3, -0.25) is 9.59 Å². The zero-order valence-electron chi connectivity index (χ0n) is 28.4. The van der Waals surface area contributed by atoms with E-state index in [2.05, 4.69) is 71.6 Å². The summed E-state index contributed by atoms with van der Waals surface area (Å²) in [5.74, 6) is -4.13. The number of H-pyrrole nitrogens is 1. The van der Waals surface area contributed by atoms with Crippen LogP contribution in [0, 0.1) is 5.92 Å². The fourth-order valence-electron chi connectivity index (χ4n) is 5.20. The van der Waals surface area contributed by atoms with E-state index in [1.54, 1.807) is 0 Å². The summed E-state index contributed by atoms with van der Waals surface area (Å²) in [6.45, 7) is 4.04. The molecule has 1 atom stereocenters. The molecular formula is C35H44F6N4O6. The van der Waals surface area contributed by atoms with E-state index in [0.29, 0.717) is 18.6 Å². The van der Waals surface area contributed by atoms with Gasteiger partial charge in [-0.25, -0.2) is 14.6 Å². The fraction of sp³-hybridized carbons (Fsp3) is 0.514. The molecule has 4 N–H and O–H groups in total. The number of carboxylic acid groups (broad SMARTS) is 2. The van der Waals surface area contributed by atoms with E-state index in [9.17, 15) is 35.9 Å². The van der Waals surface area contributed by atoms with Crippen LogP contribution in [0.15, 0.2) is 48.7 Å². The number of aromatic amines is 1. The molecule has 4 rings (SSSR count). The molecule has 0 radical (unpaired) electrons. The van der Waals surface area contributed by atoms with Gasteiger partial charge in [-0.1, -0.05) is 62.6 Å². The lowest BCUT2D eigenvalue weighted by atomic mass is 9.95. The molecule has 3 aromatic rings. The second-order valence-electron chi connectivity index (χ2n) is 12.2. The van der Waals surface area contributed by atoms with E-state index < -0.39 is 24.3 Å². The normalized spacial score (nSPS) is 14.4. The molecule has 1 aliphatic rings. The Balaban J connectivity index is 0.000000543. The Labute approximate surface area is 291 Å². The summed E-state index contributed by atoms with van der Waals surface area (Å²) < 4.78 is 63.5. The molecule has 1 amide bonds. The highest BCUT2D eigenvalue weighted by Gasteiger charge is 2.39. The van der Waals surface area contributed by atoms with Gasteiger partial charge in [0, 0.05) is 24.3 Å². The molecular weight excluding hydrogens is 686 g/mol. The number of alkyl halides is 6. The van der Waals surface area contributed by atoms with Crippen molar-refractivity contribution in [1.29, 1.82) is 0 Å². The van der Waals surface area contributed by atoms with Crippen molar-refractivity contribution in [3.8, 4) is 11.3 Å². The molecule has 2 aromatic carbocycles. The third-order valence-corrected chi connectivity index (χ3v) is 8.13. The summed E-state index contributed by atoms with van der Waals surface area (Å²) in [5.41, 5.74) is 2.05. The number of piperidine rings is 1. The highest BCUT2D eigenvalue weighted by atomic mass is 19.4. The minimum atomic E-state index is -5.08. The number of Topliss-reactive ketones (excluding diaryl/α,β-unsaturated/α-hetero) is 1. The average molecular weight is 731 g/mol. The molecule has 16 heteroatoms. The Morgan fingerprint density at radius 1 is 0.882 bits per heavy atom. The van der Waals surface area contributed by atoms with E-state index in [1.165, 1.54) is 10.8 Å². The first-order valence-corrected chi connectivity index (χ1v) is 16.6. The van der Waals surface area contributed by atoms with Crippen LogP contribution in [-0.2, 0) is 19.2 Å². The Morgan fingerprint density at radius 3 is 2.02 bits per heavy atom. The summed E-state index contributed by atoms with van der Waals surface area (Å²) in [4.78, 5) is 53.5. The van der Waals surface area contributed by atoms with Crippen LogP contribution < -0.4 is 5.32 Å². The number of aliphatic carboxylic acids is 2. The fourth-order valence-corrected chi connectivity index (χ4v) is 5.20. The Hall–Kier alpha value is -4.47. The number of nitrogens with one attached hydrogen (secondary N) is 2. The predicted molar refractivity (Wildman–Crippen MR) is 178 cm³/mol. The van der Waals surface area contributed by atoms with E-state index >= 15 is 0 Å². The van der Waals surface area contributed by atoms with Gasteiger partial charge >= 0.3 is 24.3 Å². The number of nitrogens with zero attached hydrogens (tertiary/aromatic N) is 2. The molecule has 0 unspecified atom stereocenters. The van der Waals surface area contributed by atoms with Crippen LogP contribution in [-0.4, -0.2) is 81.2 Å². The largest absolute Gasteiger partial charge is 0.490 e. The summed E-state index contributed by atoms with van der Waals surface area (Å²) in [7, 11) is 2.11. The molecule has 1 fully saturated rings. The molecule has 1 aliphatic heterocycles. The number of hydrogen-bond acceptors (Lipinski definition) is 6. The second-order valence-corrected chi connectivity index (χ2v) is 12.2.